The van der Waals surface area contributed by atoms with Crippen molar-refractivity contribution >= 4 is 45.6 Å². The second-order valence-corrected chi connectivity index (χ2v) is 9.67. The van der Waals surface area contributed by atoms with Crippen molar-refractivity contribution in [3.63, 3.8) is 0 Å². The third-order valence-electron chi connectivity index (χ3n) is 6.49. The molecule has 1 aromatic heterocycles. The average Bonchev–Trinajstić information content (AvgIpc) is 3.36. The van der Waals surface area contributed by atoms with Crippen LogP contribution in [0.25, 0.3) is 10.9 Å². The number of hydrogen-bond donors (Lipinski definition) is 2. The third-order valence-corrected chi connectivity index (χ3v) is 6.78. The van der Waals surface area contributed by atoms with Gasteiger partial charge in [0.2, 0.25) is 5.91 Å². The van der Waals surface area contributed by atoms with E-state index in [9.17, 15) is 9.18 Å². The van der Waals surface area contributed by atoms with Crippen LogP contribution < -0.4 is 10.6 Å². The lowest BCUT2D eigenvalue weighted by molar-refractivity contribution is -0.116. The summed E-state index contributed by atoms with van der Waals surface area (Å²) in [4.78, 5) is 23.8. The predicted molar refractivity (Wildman–Crippen MR) is 151 cm³/mol. The van der Waals surface area contributed by atoms with Crippen LogP contribution in [0.1, 0.15) is 12.5 Å². The zero-order valence-corrected chi connectivity index (χ0v) is 22.7. The SMILES string of the molecule is CCOCC#Cc1cc2ncnc(Nc3ccc(F)c(Cl)c3)c2cc1NC(=O)/C=C/CN1CC2OCCOC2C1. The molecule has 0 bridgehead atoms. The van der Waals surface area contributed by atoms with Crippen LogP contribution in [-0.2, 0) is 19.0 Å². The van der Waals surface area contributed by atoms with Gasteiger partial charge in [-0.15, -0.1) is 0 Å². The monoisotopic (exact) mass is 565 g/mol. The van der Waals surface area contributed by atoms with Crippen molar-refractivity contribution < 1.29 is 23.4 Å². The molecule has 0 saturated carbocycles. The summed E-state index contributed by atoms with van der Waals surface area (Å²) in [5.41, 5.74) is 2.24. The summed E-state index contributed by atoms with van der Waals surface area (Å²) in [6.45, 7) is 6.09. The summed E-state index contributed by atoms with van der Waals surface area (Å²) < 4.78 is 30.5. The molecule has 2 aliphatic heterocycles. The highest BCUT2D eigenvalue weighted by atomic mass is 35.5. The summed E-state index contributed by atoms with van der Waals surface area (Å²) in [6.07, 6.45) is 4.91. The van der Waals surface area contributed by atoms with E-state index in [0.29, 0.717) is 60.0 Å². The highest BCUT2D eigenvalue weighted by Gasteiger charge is 2.35. The van der Waals surface area contributed by atoms with Gasteiger partial charge < -0.3 is 24.8 Å². The zero-order chi connectivity index (χ0) is 27.9. The zero-order valence-electron chi connectivity index (χ0n) is 22.0. The number of benzene rings is 2. The molecule has 2 aromatic carbocycles. The van der Waals surface area contributed by atoms with Crippen molar-refractivity contribution in [1.82, 2.24) is 14.9 Å². The van der Waals surface area contributed by atoms with E-state index in [0.717, 1.165) is 13.1 Å². The highest BCUT2D eigenvalue weighted by Crippen LogP contribution is 2.30. The van der Waals surface area contributed by atoms with Crippen molar-refractivity contribution in [1.29, 1.82) is 0 Å². The molecule has 3 aromatic rings. The fourth-order valence-corrected chi connectivity index (χ4v) is 4.76. The lowest BCUT2D eigenvalue weighted by Gasteiger charge is -2.24. The highest BCUT2D eigenvalue weighted by molar-refractivity contribution is 6.31. The molecule has 3 heterocycles. The third kappa shape index (κ3) is 6.94. The van der Waals surface area contributed by atoms with Crippen LogP contribution in [0.15, 0.2) is 48.8 Å². The van der Waals surface area contributed by atoms with Crippen LogP contribution >= 0.6 is 11.6 Å². The smallest absolute Gasteiger partial charge is 0.248 e. The first-order valence-electron chi connectivity index (χ1n) is 13.0. The summed E-state index contributed by atoms with van der Waals surface area (Å²) in [6, 6.07) is 7.85. The van der Waals surface area contributed by atoms with E-state index in [1.165, 1.54) is 24.5 Å². The first kappa shape index (κ1) is 28.0. The molecule has 2 atom stereocenters. The van der Waals surface area contributed by atoms with Crippen LogP contribution in [-0.4, -0.2) is 79.0 Å². The van der Waals surface area contributed by atoms with Gasteiger partial charge in [0.15, 0.2) is 0 Å². The molecule has 2 aliphatic rings. The Bertz CT molecular complexity index is 1460. The molecule has 0 spiro atoms. The molecule has 0 aliphatic carbocycles. The molecule has 208 valence electrons. The van der Waals surface area contributed by atoms with Gasteiger partial charge >= 0.3 is 0 Å². The van der Waals surface area contributed by atoms with Gasteiger partial charge in [0.1, 0.15) is 24.6 Å². The van der Waals surface area contributed by atoms with Crippen molar-refractivity contribution in [2.45, 2.75) is 19.1 Å². The van der Waals surface area contributed by atoms with Crippen LogP contribution in [0.5, 0.6) is 0 Å². The lowest BCUT2D eigenvalue weighted by Crippen LogP contribution is -2.36. The van der Waals surface area contributed by atoms with E-state index in [1.54, 1.807) is 18.2 Å². The van der Waals surface area contributed by atoms with E-state index in [4.69, 9.17) is 25.8 Å². The topological polar surface area (TPSA) is 97.8 Å². The fraction of sp³-hybridized carbons (Fsp3) is 0.345. The van der Waals surface area contributed by atoms with Gasteiger partial charge in [0, 0.05) is 43.4 Å². The number of anilines is 3. The van der Waals surface area contributed by atoms with E-state index >= 15 is 0 Å². The van der Waals surface area contributed by atoms with Gasteiger partial charge in [-0.1, -0.05) is 29.5 Å². The molecule has 1 amide bonds. The second-order valence-electron chi connectivity index (χ2n) is 9.26. The van der Waals surface area contributed by atoms with E-state index < -0.39 is 5.82 Å². The van der Waals surface area contributed by atoms with Crippen molar-refractivity contribution in [2.24, 2.45) is 0 Å². The number of amides is 1. The molecule has 0 radical (unpaired) electrons. The molecule has 2 unspecified atom stereocenters. The normalized spacial score (nSPS) is 18.9. The number of nitrogens with zero attached hydrogens (tertiary/aromatic N) is 3. The van der Waals surface area contributed by atoms with Crippen LogP contribution in [0.3, 0.4) is 0 Å². The number of aromatic nitrogens is 2. The lowest BCUT2D eigenvalue weighted by atomic mass is 10.1. The molecule has 5 rings (SSSR count). The van der Waals surface area contributed by atoms with Crippen molar-refractivity contribution in [3.8, 4) is 11.8 Å². The number of nitrogens with one attached hydrogen (secondary N) is 2. The molecular weight excluding hydrogens is 537 g/mol. The Morgan fingerprint density at radius 2 is 2.02 bits per heavy atom. The minimum Gasteiger partial charge on any atom is -0.372 e. The maximum atomic E-state index is 13.6. The quantitative estimate of drug-likeness (QED) is 0.239. The second kappa shape index (κ2) is 13.2. The Labute approximate surface area is 236 Å². The van der Waals surface area contributed by atoms with E-state index in [1.807, 2.05) is 13.0 Å². The van der Waals surface area contributed by atoms with Crippen LogP contribution in [0.4, 0.5) is 21.6 Å². The number of hydrogen-bond acceptors (Lipinski definition) is 8. The minimum absolute atomic E-state index is 0.0114. The number of fused-ring (bicyclic) bond motifs is 2. The molecule has 11 heteroatoms. The first-order valence-corrected chi connectivity index (χ1v) is 13.4. The minimum atomic E-state index is -0.516. The Morgan fingerprint density at radius 3 is 2.77 bits per heavy atom. The largest absolute Gasteiger partial charge is 0.372 e. The molecular formula is C29H29ClFN5O4. The molecule has 2 saturated heterocycles. The van der Waals surface area contributed by atoms with Crippen LogP contribution in [0.2, 0.25) is 5.02 Å². The van der Waals surface area contributed by atoms with Gasteiger partial charge in [0.05, 0.1) is 47.2 Å². The number of carbonyl (C=O) groups is 1. The molecule has 2 N–H and O–H groups in total. The van der Waals surface area contributed by atoms with E-state index in [-0.39, 0.29) is 29.7 Å². The Hall–Kier alpha value is -3.59. The summed E-state index contributed by atoms with van der Waals surface area (Å²) in [5.74, 6) is 5.69. The number of halogens is 2. The van der Waals surface area contributed by atoms with Gasteiger partial charge in [-0.2, -0.15) is 0 Å². The molecule has 9 nitrogen and oxygen atoms in total. The van der Waals surface area contributed by atoms with Crippen molar-refractivity contribution in [2.75, 3.05) is 56.7 Å². The predicted octanol–water partition coefficient (Wildman–Crippen LogP) is 4.15. The number of ether oxygens (including phenoxy) is 3. The van der Waals surface area contributed by atoms with Gasteiger partial charge in [-0.05, 0) is 37.3 Å². The summed E-state index contributed by atoms with van der Waals surface area (Å²) >= 11 is 5.94. The molecule has 40 heavy (non-hydrogen) atoms. The van der Waals surface area contributed by atoms with Crippen molar-refractivity contribution in [3.05, 3.63) is 65.2 Å². The average molecular weight is 566 g/mol. The fourth-order valence-electron chi connectivity index (χ4n) is 4.57. The van der Waals surface area contributed by atoms with Gasteiger partial charge in [-0.25, -0.2) is 14.4 Å². The van der Waals surface area contributed by atoms with Crippen LogP contribution in [0, 0.1) is 17.7 Å². The summed E-state index contributed by atoms with van der Waals surface area (Å²) in [7, 11) is 0. The van der Waals surface area contributed by atoms with Gasteiger partial charge in [-0.3, -0.25) is 9.69 Å². The maximum absolute atomic E-state index is 13.6. The number of carbonyl (C=O) groups excluding carboxylic acids is 1. The standard InChI is InChI=1S/C29H29ClFN5O4/c1-2-38-10-4-5-19-13-25-21(29(33-18-32-25)34-20-7-8-23(31)22(30)14-20)15-24(19)35-28(37)6-3-9-36-16-26-27(17-36)40-12-11-39-26/h3,6-8,13-15,18,26-27H,2,9-12,16-17H2,1H3,(H,35,37)(H,32,33,34)/b6-3+. The Kier molecular flexibility index (Phi) is 9.21. The van der Waals surface area contributed by atoms with E-state index in [2.05, 4.69) is 37.3 Å². The summed E-state index contributed by atoms with van der Waals surface area (Å²) in [5, 5.41) is 6.71. The maximum Gasteiger partial charge on any atom is 0.248 e. The first-order chi connectivity index (χ1) is 19.5. The Balaban J connectivity index is 1.35. The number of likely N-dealkylation sites (tertiary alicyclic amines) is 1. The molecule has 2 fully saturated rings. The van der Waals surface area contributed by atoms with Gasteiger partial charge in [0.25, 0.3) is 0 Å². The Morgan fingerprint density at radius 1 is 1.23 bits per heavy atom. The number of rotatable bonds is 8.